The van der Waals surface area contributed by atoms with Crippen LogP contribution in [-0.4, -0.2) is 42.6 Å². The Hall–Kier alpha value is -2.71. The van der Waals surface area contributed by atoms with Gasteiger partial charge in [-0.15, -0.1) is 10.2 Å². The molecule has 9 heteroatoms. The van der Waals surface area contributed by atoms with Gasteiger partial charge in [-0.1, -0.05) is 35.5 Å². The van der Waals surface area contributed by atoms with E-state index in [-0.39, 0.29) is 5.75 Å². The van der Waals surface area contributed by atoms with Crippen molar-refractivity contribution in [3.63, 3.8) is 0 Å². The molecule has 0 spiro atoms. The fraction of sp³-hybridized carbons (Fsp3) is 0.167. The number of fused-ring (bicyclic) bond motifs is 3. The summed E-state index contributed by atoms with van der Waals surface area (Å²) in [5.74, 6) is 0.437. The molecule has 138 valence electrons. The van der Waals surface area contributed by atoms with Gasteiger partial charge in [0, 0.05) is 5.02 Å². The third kappa shape index (κ3) is 3.58. The predicted octanol–water partition coefficient (Wildman–Crippen LogP) is 3.59. The smallest absolute Gasteiger partial charge is 0.313 e. The minimum Gasteiger partial charge on any atom is -0.492 e. The molecule has 1 N–H and O–H groups in total. The molecule has 0 aliphatic carbocycles. The molecule has 0 saturated heterocycles. The highest BCUT2D eigenvalue weighted by atomic mass is 35.5. The van der Waals surface area contributed by atoms with Crippen molar-refractivity contribution in [2.45, 2.75) is 11.7 Å². The van der Waals surface area contributed by atoms with E-state index >= 15 is 0 Å². The van der Waals surface area contributed by atoms with Crippen molar-refractivity contribution < 1.29 is 14.6 Å². The monoisotopic (exact) mass is 402 g/mol. The van der Waals surface area contributed by atoms with Crippen molar-refractivity contribution in [3.8, 4) is 5.75 Å². The van der Waals surface area contributed by atoms with Crippen molar-refractivity contribution in [1.82, 2.24) is 19.2 Å². The number of carboxylic acids is 1. The molecule has 0 atom stereocenters. The van der Waals surface area contributed by atoms with Gasteiger partial charge in [0.25, 0.3) is 0 Å². The Balaban J connectivity index is 1.62. The van der Waals surface area contributed by atoms with Crippen LogP contribution in [-0.2, 0) is 11.3 Å². The molecule has 0 bridgehead atoms. The number of aliphatic carboxylic acids is 1. The lowest BCUT2D eigenvalue weighted by Crippen LogP contribution is -2.08. The molecule has 27 heavy (non-hydrogen) atoms. The summed E-state index contributed by atoms with van der Waals surface area (Å²) in [5.41, 5.74) is 1.91. The number of halogens is 1. The van der Waals surface area contributed by atoms with Crippen LogP contribution in [0.3, 0.4) is 0 Å². The van der Waals surface area contributed by atoms with Gasteiger partial charge in [-0.05, 0) is 36.4 Å². The van der Waals surface area contributed by atoms with E-state index in [2.05, 4.69) is 10.2 Å². The first kappa shape index (κ1) is 17.7. The average Bonchev–Trinajstić information content (AvgIpc) is 3.21. The summed E-state index contributed by atoms with van der Waals surface area (Å²) in [6, 6.07) is 15.1. The molecule has 0 radical (unpaired) electrons. The van der Waals surface area contributed by atoms with Crippen LogP contribution in [0.25, 0.3) is 16.8 Å². The summed E-state index contributed by atoms with van der Waals surface area (Å²) in [5, 5.41) is 18.6. The lowest BCUT2D eigenvalue weighted by molar-refractivity contribution is -0.133. The van der Waals surface area contributed by atoms with Gasteiger partial charge in [0.15, 0.2) is 5.16 Å². The normalized spacial score (nSPS) is 11.3. The Morgan fingerprint density at radius 1 is 1.11 bits per heavy atom. The molecule has 2 aromatic heterocycles. The first-order valence-corrected chi connectivity index (χ1v) is 9.55. The van der Waals surface area contributed by atoms with Gasteiger partial charge < -0.3 is 14.4 Å². The first-order chi connectivity index (χ1) is 13.1. The Labute approximate surface area is 163 Å². The third-order valence-electron chi connectivity index (χ3n) is 3.99. The van der Waals surface area contributed by atoms with Crippen molar-refractivity contribution >= 4 is 46.1 Å². The number of aromatic nitrogens is 4. The number of thioether (sulfide) groups is 1. The fourth-order valence-electron chi connectivity index (χ4n) is 2.86. The van der Waals surface area contributed by atoms with Crippen LogP contribution in [0.4, 0.5) is 0 Å². The average molecular weight is 403 g/mol. The lowest BCUT2D eigenvalue weighted by Gasteiger charge is -2.08. The van der Waals surface area contributed by atoms with E-state index in [0.717, 1.165) is 28.5 Å². The predicted molar refractivity (Wildman–Crippen MR) is 104 cm³/mol. The maximum Gasteiger partial charge on any atom is 0.313 e. The summed E-state index contributed by atoms with van der Waals surface area (Å²) >= 11 is 7.04. The van der Waals surface area contributed by atoms with Crippen molar-refractivity contribution in [2.75, 3.05) is 12.4 Å². The van der Waals surface area contributed by atoms with Crippen LogP contribution >= 0.6 is 23.4 Å². The molecular weight excluding hydrogens is 388 g/mol. The fourth-order valence-corrected chi connectivity index (χ4v) is 3.65. The minimum absolute atomic E-state index is 0.0695. The highest BCUT2D eigenvalue weighted by Crippen LogP contribution is 2.26. The van der Waals surface area contributed by atoms with E-state index in [1.165, 1.54) is 0 Å². The van der Waals surface area contributed by atoms with Crippen molar-refractivity contribution in [1.29, 1.82) is 0 Å². The number of carboxylic acid groups (broad SMARTS) is 1. The van der Waals surface area contributed by atoms with E-state index in [0.29, 0.717) is 29.1 Å². The van der Waals surface area contributed by atoms with Gasteiger partial charge in [-0.2, -0.15) is 0 Å². The van der Waals surface area contributed by atoms with E-state index < -0.39 is 5.97 Å². The van der Waals surface area contributed by atoms with Gasteiger partial charge in [0.05, 0.1) is 23.3 Å². The van der Waals surface area contributed by atoms with Gasteiger partial charge in [0.2, 0.25) is 5.78 Å². The molecule has 0 aliphatic heterocycles. The number of para-hydroxylation sites is 2. The number of benzene rings is 2. The quantitative estimate of drug-likeness (QED) is 0.476. The number of nitrogens with zero attached hydrogens (tertiary/aromatic N) is 4. The second-order valence-corrected chi connectivity index (χ2v) is 7.12. The molecule has 7 nitrogen and oxygen atoms in total. The van der Waals surface area contributed by atoms with E-state index in [1.807, 2.05) is 45.4 Å². The minimum atomic E-state index is -0.892. The SMILES string of the molecule is O=C(O)CSc1nnc2n(CCOc3ccc(Cl)cc3)c3ccccc3n12. The lowest BCUT2D eigenvalue weighted by atomic mass is 10.3. The van der Waals surface area contributed by atoms with Gasteiger partial charge >= 0.3 is 5.97 Å². The second-order valence-electron chi connectivity index (χ2n) is 5.74. The number of rotatable bonds is 7. The largest absolute Gasteiger partial charge is 0.492 e. The van der Waals surface area contributed by atoms with Gasteiger partial charge in [-0.3, -0.25) is 9.20 Å². The van der Waals surface area contributed by atoms with Crippen LogP contribution in [0.15, 0.2) is 53.7 Å². The zero-order valence-corrected chi connectivity index (χ0v) is 15.7. The maximum absolute atomic E-state index is 10.9. The number of ether oxygens (including phenoxy) is 1. The molecule has 0 saturated carbocycles. The summed E-state index contributed by atoms with van der Waals surface area (Å²) in [6.07, 6.45) is 0. The summed E-state index contributed by atoms with van der Waals surface area (Å²) in [7, 11) is 0. The molecule has 0 fully saturated rings. The van der Waals surface area contributed by atoms with E-state index in [1.54, 1.807) is 12.1 Å². The molecule has 4 rings (SSSR count). The van der Waals surface area contributed by atoms with Crippen LogP contribution in [0.5, 0.6) is 5.75 Å². The highest BCUT2D eigenvalue weighted by Gasteiger charge is 2.17. The molecule has 2 aromatic carbocycles. The topological polar surface area (TPSA) is 81.6 Å². The number of imidazole rings is 1. The summed E-state index contributed by atoms with van der Waals surface area (Å²) in [4.78, 5) is 10.9. The molecule has 4 aromatic rings. The van der Waals surface area contributed by atoms with Crippen LogP contribution in [0.1, 0.15) is 0 Å². The summed E-state index contributed by atoms with van der Waals surface area (Å²) in [6.45, 7) is 1.02. The third-order valence-corrected chi connectivity index (χ3v) is 5.16. The van der Waals surface area contributed by atoms with Crippen molar-refractivity contribution in [3.05, 3.63) is 53.6 Å². The number of hydrogen-bond donors (Lipinski definition) is 1. The molecule has 2 heterocycles. The number of carbonyl (C=O) groups is 1. The Bertz CT molecular complexity index is 1110. The van der Waals surface area contributed by atoms with Gasteiger partial charge in [-0.25, -0.2) is 0 Å². The van der Waals surface area contributed by atoms with Crippen molar-refractivity contribution in [2.24, 2.45) is 0 Å². The Morgan fingerprint density at radius 3 is 2.59 bits per heavy atom. The van der Waals surface area contributed by atoms with Crippen LogP contribution in [0.2, 0.25) is 5.02 Å². The number of hydrogen-bond acceptors (Lipinski definition) is 5. The zero-order valence-electron chi connectivity index (χ0n) is 14.1. The molecule has 0 amide bonds. The second kappa shape index (κ2) is 7.50. The van der Waals surface area contributed by atoms with Crippen LogP contribution in [0, 0.1) is 0 Å². The van der Waals surface area contributed by atoms with E-state index in [9.17, 15) is 4.79 Å². The first-order valence-electron chi connectivity index (χ1n) is 8.19. The summed E-state index contributed by atoms with van der Waals surface area (Å²) < 4.78 is 9.70. The molecule has 0 aliphatic rings. The molecule has 0 unspecified atom stereocenters. The van der Waals surface area contributed by atoms with E-state index in [4.69, 9.17) is 21.4 Å². The molecular formula is C18H15ClN4O3S. The zero-order chi connectivity index (χ0) is 18.8. The standard InChI is InChI=1S/C18H15ClN4O3S/c19-12-5-7-13(8-6-12)26-10-9-22-14-3-1-2-4-15(14)23-17(22)20-21-18(23)27-11-16(24)25/h1-8H,9-11H2,(H,24,25). The van der Waals surface area contributed by atoms with Crippen LogP contribution < -0.4 is 4.74 Å². The van der Waals surface area contributed by atoms with Gasteiger partial charge in [0.1, 0.15) is 12.4 Å². The maximum atomic E-state index is 10.9. The Morgan fingerprint density at radius 2 is 1.85 bits per heavy atom. The highest BCUT2D eigenvalue weighted by molar-refractivity contribution is 7.99. The Kier molecular flexibility index (Phi) is 4.91.